The maximum atomic E-state index is 11.3. The average Bonchev–Trinajstić information content (AvgIpc) is 2.27. The van der Waals surface area contributed by atoms with Crippen molar-refractivity contribution in [3.8, 4) is 0 Å². The van der Waals surface area contributed by atoms with E-state index in [1.165, 1.54) is 6.07 Å². The number of rotatable bonds is 3. The van der Waals surface area contributed by atoms with Gasteiger partial charge in [-0.25, -0.2) is 9.97 Å². The van der Waals surface area contributed by atoms with E-state index >= 15 is 0 Å². The molecular formula is C11H12N4O2S. The van der Waals surface area contributed by atoms with Crippen LogP contribution in [0.4, 0.5) is 5.82 Å². The summed E-state index contributed by atoms with van der Waals surface area (Å²) < 4.78 is 0. The van der Waals surface area contributed by atoms with Gasteiger partial charge in [0, 0.05) is 17.8 Å². The molecule has 2 rings (SSSR count). The number of anilines is 1. The van der Waals surface area contributed by atoms with E-state index in [1.54, 1.807) is 25.3 Å². The Morgan fingerprint density at radius 2 is 2.33 bits per heavy atom. The van der Waals surface area contributed by atoms with Gasteiger partial charge in [0.15, 0.2) is 5.16 Å². The highest BCUT2D eigenvalue weighted by Gasteiger charge is 2.11. The maximum absolute atomic E-state index is 11.3. The summed E-state index contributed by atoms with van der Waals surface area (Å²) in [5.74, 6) is 0.149. The summed E-state index contributed by atoms with van der Waals surface area (Å²) in [6, 6.07) is 4.71. The average molecular weight is 264 g/mol. The van der Waals surface area contributed by atoms with Crippen molar-refractivity contribution in [2.24, 2.45) is 0 Å². The first kappa shape index (κ1) is 12.6. The predicted molar refractivity (Wildman–Crippen MR) is 68.3 cm³/mol. The molecule has 4 N–H and O–H groups in total. The molecule has 1 atom stereocenters. The van der Waals surface area contributed by atoms with Crippen LogP contribution in [0, 0.1) is 0 Å². The van der Waals surface area contributed by atoms with Crippen LogP contribution in [-0.2, 0) is 0 Å². The number of nitrogens with zero attached hydrogens (tertiary/aromatic N) is 2. The molecule has 0 amide bonds. The lowest BCUT2D eigenvalue weighted by Crippen LogP contribution is -2.09. The quantitative estimate of drug-likeness (QED) is 0.713. The fourth-order valence-corrected chi connectivity index (χ4v) is 2.36. The first-order chi connectivity index (χ1) is 8.56. The van der Waals surface area contributed by atoms with Crippen molar-refractivity contribution in [2.45, 2.75) is 23.2 Å². The molecule has 0 aliphatic heterocycles. The highest BCUT2D eigenvalue weighted by Crippen LogP contribution is 2.28. The zero-order valence-corrected chi connectivity index (χ0v) is 10.4. The van der Waals surface area contributed by atoms with E-state index in [-0.39, 0.29) is 11.4 Å². The molecule has 0 unspecified atom stereocenters. The van der Waals surface area contributed by atoms with Gasteiger partial charge in [-0.1, -0.05) is 6.07 Å². The minimum Gasteiger partial charge on any atom is -0.389 e. The molecule has 7 heteroatoms. The molecule has 94 valence electrons. The molecule has 2 heterocycles. The summed E-state index contributed by atoms with van der Waals surface area (Å²) in [6.07, 6.45) is 0.965. The molecule has 0 aliphatic rings. The van der Waals surface area contributed by atoms with Gasteiger partial charge in [-0.05, 0) is 24.8 Å². The van der Waals surface area contributed by atoms with E-state index in [4.69, 9.17) is 5.73 Å². The molecule has 2 aromatic rings. The van der Waals surface area contributed by atoms with Crippen LogP contribution in [0.15, 0.2) is 39.4 Å². The Balaban J connectivity index is 2.37. The van der Waals surface area contributed by atoms with Gasteiger partial charge in [0.1, 0.15) is 10.8 Å². The summed E-state index contributed by atoms with van der Waals surface area (Å²) in [5, 5.41) is 10.6. The van der Waals surface area contributed by atoms with Crippen LogP contribution in [0.1, 0.15) is 18.6 Å². The van der Waals surface area contributed by atoms with E-state index in [1.807, 2.05) is 0 Å². The van der Waals surface area contributed by atoms with E-state index in [9.17, 15) is 9.90 Å². The lowest BCUT2D eigenvalue weighted by atomic mass is 10.2. The number of nitrogen functional groups attached to an aromatic ring is 1. The molecule has 6 nitrogen and oxygen atoms in total. The zero-order valence-electron chi connectivity index (χ0n) is 9.62. The number of nitrogens with two attached hydrogens (primary N) is 1. The minimum atomic E-state index is -0.644. The summed E-state index contributed by atoms with van der Waals surface area (Å²) >= 11 is 1.15. The first-order valence-corrected chi connectivity index (χ1v) is 6.05. The predicted octanol–water partition coefficient (Wildman–Crippen LogP) is 0.952. The molecule has 0 bridgehead atoms. The summed E-state index contributed by atoms with van der Waals surface area (Å²) in [4.78, 5) is 22.0. The minimum absolute atomic E-state index is 0.149. The third kappa shape index (κ3) is 2.88. The van der Waals surface area contributed by atoms with Crippen LogP contribution in [0.5, 0.6) is 0 Å². The molecule has 0 saturated carbocycles. The van der Waals surface area contributed by atoms with Gasteiger partial charge in [-0.15, -0.1) is 0 Å². The van der Waals surface area contributed by atoms with Gasteiger partial charge in [-0.3, -0.25) is 4.79 Å². The Hall–Kier alpha value is -1.86. The molecule has 0 spiro atoms. The van der Waals surface area contributed by atoms with Crippen molar-refractivity contribution in [2.75, 3.05) is 5.73 Å². The summed E-state index contributed by atoms with van der Waals surface area (Å²) in [5.41, 5.74) is 5.85. The normalized spacial score (nSPS) is 12.3. The van der Waals surface area contributed by atoms with Crippen LogP contribution in [-0.4, -0.2) is 20.1 Å². The smallest absolute Gasteiger partial charge is 0.253 e. The second kappa shape index (κ2) is 5.19. The standard InChI is InChI=1S/C11H12N4O2S/c1-6(16)7-3-2-4-13-10(7)18-11-14-8(12)5-9(17)15-11/h2-6,16H,1H3,(H3,12,14,15,17)/t6-/m1/s1. The monoisotopic (exact) mass is 264 g/mol. The van der Waals surface area contributed by atoms with Gasteiger partial charge in [0.2, 0.25) is 0 Å². The molecule has 0 fully saturated rings. The number of aliphatic hydroxyl groups excluding tert-OH is 1. The lowest BCUT2D eigenvalue weighted by molar-refractivity contribution is 0.195. The van der Waals surface area contributed by atoms with Gasteiger partial charge in [0.05, 0.1) is 6.10 Å². The molecule has 0 saturated heterocycles. The van der Waals surface area contributed by atoms with Crippen molar-refractivity contribution in [1.29, 1.82) is 0 Å². The number of hydrogen-bond donors (Lipinski definition) is 3. The molecule has 0 aromatic carbocycles. The lowest BCUT2D eigenvalue weighted by Gasteiger charge is -2.09. The zero-order chi connectivity index (χ0) is 13.1. The van der Waals surface area contributed by atoms with Crippen molar-refractivity contribution < 1.29 is 5.11 Å². The van der Waals surface area contributed by atoms with Crippen molar-refractivity contribution in [3.05, 3.63) is 40.3 Å². The number of pyridine rings is 1. The second-order valence-electron chi connectivity index (χ2n) is 3.65. The van der Waals surface area contributed by atoms with Crippen LogP contribution in [0.2, 0.25) is 0 Å². The largest absolute Gasteiger partial charge is 0.389 e. The number of aliphatic hydroxyl groups is 1. The van der Waals surface area contributed by atoms with Crippen LogP contribution < -0.4 is 11.3 Å². The Kier molecular flexibility index (Phi) is 3.63. The van der Waals surface area contributed by atoms with Crippen LogP contribution in [0.3, 0.4) is 0 Å². The van der Waals surface area contributed by atoms with Crippen molar-refractivity contribution in [1.82, 2.24) is 15.0 Å². The molecule has 0 aliphatic carbocycles. The highest BCUT2D eigenvalue weighted by molar-refractivity contribution is 7.99. The fourth-order valence-electron chi connectivity index (χ4n) is 1.40. The number of aromatic amines is 1. The number of aromatic nitrogens is 3. The molecular weight excluding hydrogens is 252 g/mol. The van der Waals surface area contributed by atoms with Crippen molar-refractivity contribution >= 4 is 17.6 Å². The Morgan fingerprint density at radius 1 is 1.56 bits per heavy atom. The third-order valence-corrected chi connectivity index (χ3v) is 3.10. The molecule has 18 heavy (non-hydrogen) atoms. The third-order valence-electron chi connectivity index (χ3n) is 2.18. The summed E-state index contributed by atoms with van der Waals surface area (Å²) in [6.45, 7) is 1.65. The highest BCUT2D eigenvalue weighted by atomic mass is 32.2. The second-order valence-corrected chi connectivity index (χ2v) is 4.63. The maximum Gasteiger partial charge on any atom is 0.253 e. The molecule has 0 radical (unpaired) electrons. The van der Waals surface area contributed by atoms with Gasteiger partial charge in [-0.2, -0.15) is 0 Å². The van der Waals surface area contributed by atoms with Gasteiger partial charge < -0.3 is 15.8 Å². The topological polar surface area (TPSA) is 105 Å². The SMILES string of the molecule is C[C@@H](O)c1cccnc1Sc1nc(N)cc(=O)[nH]1. The van der Waals surface area contributed by atoms with E-state index in [2.05, 4.69) is 15.0 Å². The number of H-pyrrole nitrogens is 1. The van der Waals surface area contributed by atoms with E-state index in [0.717, 1.165) is 11.8 Å². The summed E-state index contributed by atoms with van der Waals surface area (Å²) in [7, 11) is 0. The van der Waals surface area contributed by atoms with Crippen molar-refractivity contribution in [3.63, 3.8) is 0 Å². The Morgan fingerprint density at radius 3 is 3.00 bits per heavy atom. The van der Waals surface area contributed by atoms with E-state index in [0.29, 0.717) is 15.7 Å². The number of nitrogens with one attached hydrogen (secondary N) is 1. The van der Waals surface area contributed by atoms with Crippen LogP contribution >= 0.6 is 11.8 Å². The Labute approximate surface area is 107 Å². The first-order valence-electron chi connectivity index (χ1n) is 5.24. The van der Waals surface area contributed by atoms with Gasteiger partial charge >= 0.3 is 0 Å². The number of hydrogen-bond acceptors (Lipinski definition) is 6. The van der Waals surface area contributed by atoms with Crippen LogP contribution in [0.25, 0.3) is 0 Å². The van der Waals surface area contributed by atoms with Gasteiger partial charge in [0.25, 0.3) is 5.56 Å². The Bertz CT molecular complexity index is 612. The molecule has 2 aromatic heterocycles. The fraction of sp³-hybridized carbons (Fsp3) is 0.182. The van der Waals surface area contributed by atoms with E-state index < -0.39 is 6.10 Å².